The largest absolute Gasteiger partial charge is 0.339 e. The average molecular weight is 438 g/mol. The Labute approximate surface area is 184 Å². The minimum atomic E-state index is -0.482. The van der Waals surface area contributed by atoms with Gasteiger partial charge in [0.25, 0.3) is 11.6 Å². The van der Waals surface area contributed by atoms with Crippen LogP contribution < -0.4 is 0 Å². The number of halogens is 1. The van der Waals surface area contributed by atoms with Crippen LogP contribution in [0.2, 0.25) is 0 Å². The fourth-order valence-electron chi connectivity index (χ4n) is 4.08. The summed E-state index contributed by atoms with van der Waals surface area (Å²) < 4.78 is 19.0. The van der Waals surface area contributed by atoms with Crippen molar-refractivity contribution in [1.82, 2.24) is 15.0 Å². The second-order valence-electron chi connectivity index (χ2n) is 7.87. The van der Waals surface area contributed by atoms with Crippen LogP contribution in [0.25, 0.3) is 11.4 Å². The van der Waals surface area contributed by atoms with Gasteiger partial charge in [-0.05, 0) is 31.0 Å². The number of nitrogens with zero attached hydrogens (tertiary/aromatic N) is 4. The first-order chi connectivity index (χ1) is 15.5. The van der Waals surface area contributed by atoms with Crippen molar-refractivity contribution in [2.24, 2.45) is 0 Å². The lowest BCUT2D eigenvalue weighted by Crippen LogP contribution is -2.42. The standard InChI is InChI=1S/C23H23FN4O4/c24-18-8-4-7-17(14-18)23(29)27(19-9-2-1-3-10-19)13-12-21-25-22(26-32-21)16-6-5-11-20(15-16)28(30)31/h4-8,11,14-15,19H,1-3,9-10,12-13H2. The molecular formula is C23H23FN4O4. The van der Waals surface area contributed by atoms with Gasteiger partial charge >= 0.3 is 0 Å². The van der Waals surface area contributed by atoms with Crippen molar-refractivity contribution in [1.29, 1.82) is 0 Å². The predicted octanol–water partition coefficient (Wildman–Crippen LogP) is 4.80. The molecule has 0 bridgehead atoms. The zero-order valence-corrected chi connectivity index (χ0v) is 17.4. The SMILES string of the molecule is O=C(c1cccc(F)c1)N(CCc1nc(-c2cccc([N+](=O)[O-])c2)no1)C1CCCCC1. The Morgan fingerprint density at radius 3 is 2.69 bits per heavy atom. The Hall–Kier alpha value is -3.62. The van der Waals surface area contributed by atoms with E-state index in [0.717, 1.165) is 32.1 Å². The van der Waals surface area contributed by atoms with Gasteiger partial charge < -0.3 is 9.42 Å². The maximum atomic E-state index is 13.7. The number of amides is 1. The van der Waals surface area contributed by atoms with E-state index in [1.165, 1.54) is 30.3 Å². The maximum absolute atomic E-state index is 13.7. The molecular weight excluding hydrogens is 415 g/mol. The van der Waals surface area contributed by atoms with Crippen molar-refractivity contribution in [3.8, 4) is 11.4 Å². The number of nitro benzene ring substituents is 1. The van der Waals surface area contributed by atoms with Gasteiger partial charge in [-0.15, -0.1) is 0 Å². The highest BCUT2D eigenvalue weighted by atomic mass is 19.1. The van der Waals surface area contributed by atoms with Gasteiger partial charge in [0, 0.05) is 42.3 Å². The zero-order valence-electron chi connectivity index (χ0n) is 17.4. The van der Waals surface area contributed by atoms with Gasteiger partial charge in [-0.25, -0.2) is 4.39 Å². The number of non-ortho nitro benzene ring substituents is 1. The highest BCUT2D eigenvalue weighted by Crippen LogP contribution is 2.25. The first-order valence-corrected chi connectivity index (χ1v) is 10.7. The van der Waals surface area contributed by atoms with Crippen molar-refractivity contribution in [3.05, 3.63) is 75.9 Å². The van der Waals surface area contributed by atoms with E-state index < -0.39 is 10.7 Å². The van der Waals surface area contributed by atoms with Crippen molar-refractivity contribution in [2.75, 3.05) is 6.54 Å². The Morgan fingerprint density at radius 1 is 1.16 bits per heavy atom. The summed E-state index contributed by atoms with van der Waals surface area (Å²) in [4.78, 5) is 29.8. The lowest BCUT2D eigenvalue weighted by atomic mass is 9.93. The van der Waals surface area contributed by atoms with Crippen molar-refractivity contribution < 1.29 is 18.6 Å². The van der Waals surface area contributed by atoms with Gasteiger partial charge in [-0.2, -0.15) is 4.98 Å². The van der Waals surface area contributed by atoms with E-state index in [1.54, 1.807) is 23.1 Å². The maximum Gasteiger partial charge on any atom is 0.270 e. The van der Waals surface area contributed by atoms with Gasteiger partial charge in [-0.3, -0.25) is 14.9 Å². The molecule has 0 spiro atoms. The van der Waals surface area contributed by atoms with E-state index in [0.29, 0.717) is 30.0 Å². The number of carbonyl (C=O) groups is 1. The van der Waals surface area contributed by atoms with Crippen LogP contribution in [0.15, 0.2) is 53.1 Å². The molecule has 0 unspecified atom stereocenters. The molecule has 1 aliphatic carbocycles. The number of rotatable bonds is 7. The van der Waals surface area contributed by atoms with E-state index in [4.69, 9.17) is 4.52 Å². The average Bonchev–Trinajstić information content (AvgIpc) is 3.29. The molecule has 9 heteroatoms. The smallest absolute Gasteiger partial charge is 0.270 e. The highest BCUT2D eigenvalue weighted by Gasteiger charge is 2.27. The van der Waals surface area contributed by atoms with Gasteiger partial charge in [0.1, 0.15) is 5.82 Å². The van der Waals surface area contributed by atoms with Gasteiger partial charge in [-0.1, -0.05) is 42.6 Å². The summed E-state index contributed by atoms with van der Waals surface area (Å²) in [6.45, 7) is 0.358. The number of hydrogen-bond donors (Lipinski definition) is 0. The minimum Gasteiger partial charge on any atom is -0.339 e. The molecule has 1 aliphatic rings. The molecule has 1 aromatic heterocycles. The molecule has 0 atom stereocenters. The van der Waals surface area contributed by atoms with Gasteiger partial charge in [0.2, 0.25) is 11.7 Å². The Balaban J connectivity index is 1.50. The molecule has 1 amide bonds. The summed E-state index contributed by atoms with van der Waals surface area (Å²) in [5, 5.41) is 14.9. The molecule has 0 aliphatic heterocycles. The quantitative estimate of drug-likeness (QED) is 0.388. The molecule has 0 saturated heterocycles. The minimum absolute atomic E-state index is 0.0574. The van der Waals surface area contributed by atoms with Gasteiger partial charge in [0.15, 0.2) is 0 Å². The number of nitro groups is 1. The molecule has 0 radical (unpaired) electrons. The summed E-state index contributed by atoms with van der Waals surface area (Å²) in [5.74, 6) is -0.0727. The number of aromatic nitrogens is 2. The van der Waals surface area contributed by atoms with Crippen LogP contribution in [0.4, 0.5) is 10.1 Å². The summed E-state index contributed by atoms with van der Waals surface area (Å²) in [5.41, 5.74) is 0.741. The molecule has 1 heterocycles. The molecule has 1 fully saturated rings. The van der Waals surface area contributed by atoms with Crippen LogP contribution in [0.3, 0.4) is 0 Å². The van der Waals surface area contributed by atoms with Crippen LogP contribution in [-0.2, 0) is 6.42 Å². The van der Waals surface area contributed by atoms with Crippen molar-refractivity contribution in [2.45, 2.75) is 44.6 Å². The third-order valence-corrected chi connectivity index (χ3v) is 5.70. The molecule has 32 heavy (non-hydrogen) atoms. The lowest BCUT2D eigenvalue weighted by molar-refractivity contribution is -0.384. The monoisotopic (exact) mass is 438 g/mol. The van der Waals surface area contributed by atoms with E-state index in [9.17, 15) is 19.3 Å². The van der Waals surface area contributed by atoms with E-state index >= 15 is 0 Å². The number of hydrogen-bond acceptors (Lipinski definition) is 6. The predicted molar refractivity (Wildman–Crippen MR) is 114 cm³/mol. The number of carbonyl (C=O) groups excluding carboxylic acids is 1. The Bertz CT molecular complexity index is 1110. The highest BCUT2D eigenvalue weighted by molar-refractivity contribution is 5.94. The molecule has 166 valence electrons. The topological polar surface area (TPSA) is 102 Å². The molecule has 0 N–H and O–H groups in total. The molecule has 3 aromatic rings. The fraction of sp³-hybridized carbons (Fsp3) is 0.348. The van der Waals surface area contributed by atoms with Crippen LogP contribution in [0.1, 0.15) is 48.4 Å². The Kier molecular flexibility index (Phi) is 6.53. The molecule has 8 nitrogen and oxygen atoms in total. The first kappa shape index (κ1) is 21.6. The van der Waals surface area contributed by atoms with Crippen LogP contribution in [0, 0.1) is 15.9 Å². The summed E-state index contributed by atoms with van der Waals surface area (Å²) >= 11 is 0. The Morgan fingerprint density at radius 2 is 1.94 bits per heavy atom. The summed E-state index contributed by atoms with van der Waals surface area (Å²) in [7, 11) is 0. The third kappa shape index (κ3) is 4.99. The summed E-state index contributed by atoms with van der Waals surface area (Å²) in [6, 6.07) is 11.8. The van der Waals surface area contributed by atoms with Crippen LogP contribution in [-0.4, -0.2) is 38.5 Å². The normalized spacial score (nSPS) is 14.3. The second kappa shape index (κ2) is 9.67. The zero-order chi connectivity index (χ0) is 22.5. The van der Waals surface area contributed by atoms with E-state index in [1.807, 2.05) is 0 Å². The fourth-order valence-corrected chi connectivity index (χ4v) is 4.08. The first-order valence-electron chi connectivity index (χ1n) is 10.7. The van der Waals surface area contributed by atoms with Crippen molar-refractivity contribution >= 4 is 11.6 Å². The van der Waals surface area contributed by atoms with Crippen LogP contribution >= 0.6 is 0 Å². The molecule has 1 saturated carbocycles. The third-order valence-electron chi connectivity index (χ3n) is 5.70. The lowest BCUT2D eigenvalue weighted by Gasteiger charge is -2.34. The van der Waals surface area contributed by atoms with E-state index in [2.05, 4.69) is 10.1 Å². The number of benzene rings is 2. The van der Waals surface area contributed by atoms with Crippen LogP contribution in [0.5, 0.6) is 0 Å². The molecule has 4 rings (SSSR count). The van der Waals surface area contributed by atoms with E-state index in [-0.39, 0.29) is 23.5 Å². The molecule has 2 aromatic carbocycles. The van der Waals surface area contributed by atoms with Gasteiger partial charge in [0.05, 0.1) is 4.92 Å². The van der Waals surface area contributed by atoms with Crippen molar-refractivity contribution in [3.63, 3.8) is 0 Å². The summed E-state index contributed by atoms with van der Waals surface area (Å²) in [6.07, 6.45) is 5.39. The second-order valence-corrected chi connectivity index (χ2v) is 7.87.